The molecule has 0 aromatic carbocycles. The molecule has 1 atom stereocenters. The van der Waals surface area contributed by atoms with Gasteiger partial charge in [-0.2, -0.15) is 0 Å². The van der Waals surface area contributed by atoms with E-state index in [0.29, 0.717) is 18.4 Å². The van der Waals surface area contributed by atoms with Crippen molar-refractivity contribution in [2.75, 3.05) is 39.5 Å². The fourth-order valence-corrected chi connectivity index (χ4v) is 2.14. The molecule has 5 nitrogen and oxygen atoms in total. The van der Waals surface area contributed by atoms with Crippen LogP contribution in [0.5, 0.6) is 0 Å². The molecule has 0 saturated heterocycles. The Balaban J connectivity index is 4.03. The highest BCUT2D eigenvalue weighted by Gasteiger charge is 2.07. The van der Waals surface area contributed by atoms with Gasteiger partial charge in [0.15, 0.2) is 5.96 Å². The van der Waals surface area contributed by atoms with E-state index in [0.717, 1.165) is 57.9 Å². The van der Waals surface area contributed by atoms with E-state index in [9.17, 15) is 0 Å². The first-order chi connectivity index (χ1) is 10.6. The zero-order valence-corrected chi connectivity index (χ0v) is 15.0. The molecule has 0 aromatic rings. The molecule has 0 aliphatic carbocycles. The minimum atomic E-state index is 0.244. The van der Waals surface area contributed by atoms with Gasteiger partial charge in [0.25, 0.3) is 0 Å². The molecule has 0 aliphatic rings. The van der Waals surface area contributed by atoms with Gasteiger partial charge in [0.05, 0.1) is 6.61 Å². The summed E-state index contributed by atoms with van der Waals surface area (Å²) < 4.78 is 5.60. The van der Waals surface area contributed by atoms with Crippen LogP contribution in [0.25, 0.3) is 0 Å². The average molecular weight is 316 g/mol. The second-order valence-corrected chi connectivity index (χ2v) is 6.11. The molecule has 0 amide bonds. The molecule has 5 heteroatoms. The predicted molar refractivity (Wildman–Crippen MR) is 94.4 cm³/mol. The van der Waals surface area contributed by atoms with Crippen LogP contribution < -0.4 is 10.6 Å². The average Bonchev–Trinajstić information content (AvgIpc) is 2.48. The van der Waals surface area contributed by atoms with E-state index in [4.69, 9.17) is 9.84 Å². The number of rotatable bonds is 13. The summed E-state index contributed by atoms with van der Waals surface area (Å²) in [5.74, 6) is 2.00. The quantitative estimate of drug-likeness (QED) is 0.277. The number of aliphatic hydroxyl groups is 1. The molecular weight excluding hydrogens is 278 g/mol. The van der Waals surface area contributed by atoms with Gasteiger partial charge < -0.3 is 20.5 Å². The molecule has 0 aliphatic heterocycles. The topological polar surface area (TPSA) is 65.9 Å². The highest BCUT2D eigenvalue weighted by molar-refractivity contribution is 5.79. The number of guanidine groups is 1. The Bertz CT molecular complexity index is 265. The van der Waals surface area contributed by atoms with Gasteiger partial charge in [-0.1, -0.05) is 27.2 Å². The van der Waals surface area contributed by atoms with Crippen LogP contribution in [0.15, 0.2) is 4.99 Å². The van der Waals surface area contributed by atoms with Gasteiger partial charge in [0, 0.05) is 32.8 Å². The van der Waals surface area contributed by atoms with Crippen molar-refractivity contribution in [3.05, 3.63) is 0 Å². The van der Waals surface area contributed by atoms with Crippen LogP contribution in [0.2, 0.25) is 0 Å². The van der Waals surface area contributed by atoms with Gasteiger partial charge in [-0.25, -0.2) is 0 Å². The summed E-state index contributed by atoms with van der Waals surface area (Å²) in [6.07, 6.45) is 4.18. The maximum atomic E-state index is 9.10. The van der Waals surface area contributed by atoms with Crippen molar-refractivity contribution in [3.8, 4) is 0 Å². The van der Waals surface area contributed by atoms with Gasteiger partial charge >= 0.3 is 0 Å². The first-order valence-corrected chi connectivity index (χ1v) is 8.84. The smallest absolute Gasteiger partial charge is 0.191 e. The van der Waals surface area contributed by atoms with E-state index < -0.39 is 0 Å². The number of aliphatic imine (C=N–C) groups is 1. The van der Waals surface area contributed by atoms with Crippen LogP contribution in [-0.2, 0) is 4.74 Å². The summed E-state index contributed by atoms with van der Waals surface area (Å²) in [7, 11) is 0. The first kappa shape index (κ1) is 21.2. The minimum absolute atomic E-state index is 0.244. The lowest BCUT2D eigenvalue weighted by molar-refractivity contribution is 0.128. The summed E-state index contributed by atoms with van der Waals surface area (Å²) >= 11 is 0. The van der Waals surface area contributed by atoms with Crippen molar-refractivity contribution in [1.82, 2.24) is 10.6 Å². The van der Waals surface area contributed by atoms with Crippen LogP contribution >= 0.6 is 0 Å². The predicted octanol–water partition coefficient (Wildman–Crippen LogP) is 2.40. The number of hydrogen-bond acceptors (Lipinski definition) is 3. The molecule has 1 unspecified atom stereocenters. The SMILES string of the molecule is CCCC(CCO)CN=C(NCC)NCCOCCC(C)C. The molecule has 22 heavy (non-hydrogen) atoms. The van der Waals surface area contributed by atoms with Crippen LogP contribution in [0.3, 0.4) is 0 Å². The van der Waals surface area contributed by atoms with Crippen molar-refractivity contribution in [2.24, 2.45) is 16.8 Å². The molecule has 0 rings (SSSR count). The molecule has 0 bridgehead atoms. The molecule has 132 valence electrons. The molecule has 0 aromatic heterocycles. The fraction of sp³-hybridized carbons (Fsp3) is 0.941. The number of nitrogens with one attached hydrogen (secondary N) is 2. The van der Waals surface area contributed by atoms with Crippen molar-refractivity contribution in [2.45, 2.75) is 53.4 Å². The maximum Gasteiger partial charge on any atom is 0.191 e. The Morgan fingerprint density at radius 3 is 2.45 bits per heavy atom. The van der Waals surface area contributed by atoms with Crippen LogP contribution in [-0.4, -0.2) is 50.5 Å². The number of ether oxygens (including phenoxy) is 1. The number of aliphatic hydroxyl groups excluding tert-OH is 1. The summed E-state index contributed by atoms with van der Waals surface area (Å²) in [5.41, 5.74) is 0. The lowest BCUT2D eigenvalue weighted by Crippen LogP contribution is -2.39. The van der Waals surface area contributed by atoms with Gasteiger partial charge in [-0.15, -0.1) is 0 Å². The third kappa shape index (κ3) is 12.9. The lowest BCUT2D eigenvalue weighted by Gasteiger charge is -2.15. The standard InChI is InChI=1S/C17H37N3O2/c1-5-7-16(8-11-21)14-20-17(18-6-2)19-10-13-22-12-9-15(3)4/h15-16,21H,5-14H2,1-4H3,(H2,18,19,20). The summed E-state index contributed by atoms with van der Waals surface area (Å²) in [6, 6.07) is 0. The van der Waals surface area contributed by atoms with Crippen molar-refractivity contribution in [3.63, 3.8) is 0 Å². The van der Waals surface area contributed by atoms with Crippen LogP contribution in [0, 0.1) is 11.8 Å². The van der Waals surface area contributed by atoms with E-state index in [2.05, 4.69) is 43.3 Å². The molecule has 3 N–H and O–H groups in total. The normalized spacial score (nSPS) is 13.5. The van der Waals surface area contributed by atoms with Crippen LogP contribution in [0.4, 0.5) is 0 Å². The lowest BCUT2D eigenvalue weighted by atomic mass is 10.0. The third-order valence-electron chi connectivity index (χ3n) is 3.46. The largest absolute Gasteiger partial charge is 0.396 e. The van der Waals surface area contributed by atoms with E-state index in [1.54, 1.807) is 0 Å². The summed E-state index contributed by atoms with van der Waals surface area (Å²) in [6.45, 7) is 12.8. The van der Waals surface area contributed by atoms with E-state index in [-0.39, 0.29) is 6.61 Å². The van der Waals surface area contributed by atoms with Gasteiger partial charge in [-0.3, -0.25) is 4.99 Å². The van der Waals surface area contributed by atoms with Crippen molar-refractivity contribution in [1.29, 1.82) is 0 Å². The Morgan fingerprint density at radius 2 is 1.86 bits per heavy atom. The third-order valence-corrected chi connectivity index (χ3v) is 3.46. The highest BCUT2D eigenvalue weighted by atomic mass is 16.5. The molecule has 0 saturated carbocycles. The zero-order chi connectivity index (χ0) is 16.6. The van der Waals surface area contributed by atoms with Crippen molar-refractivity contribution >= 4 is 5.96 Å². The van der Waals surface area contributed by atoms with Crippen LogP contribution in [0.1, 0.15) is 53.4 Å². The Morgan fingerprint density at radius 1 is 1.09 bits per heavy atom. The monoisotopic (exact) mass is 315 g/mol. The molecular formula is C17H37N3O2. The highest BCUT2D eigenvalue weighted by Crippen LogP contribution is 2.10. The second-order valence-electron chi connectivity index (χ2n) is 6.11. The number of nitrogens with zero attached hydrogens (tertiary/aromatic N) is 1. The van der Waals surface area contributed by atoms with E-state index in [1.807, 2.05) is 0 Å². The fourth-order valence-electron chi connectivity index (χ4n) is 2.14. The molecule has 0 fully saturated rings. The molecule has 0 spiro atoms. The van der Waals surface area contributed by atoms with Gasteiger partial charge in [0.2, 0.25) is 0 Å². The Kier molecular flexibility index (Phi) is 14.5. The van der Waals surface area contributed by atoms with E-state index in [1.165, 1.54) is 0 Å². The molecule has 0 radical (unpaired) electrons. The molecule has 0 heterocycles. The Hall–Kier alpha value is -0.810. The summed E-state index contributed by atoms with van der Waals surface area (Å²) in [5, 5.41) is 15.7. The van der Waals surface area contributed by atoms with E-state index >= 15 is 0 Å². The minimum Gasteiger partial charge on any atom is -0.396 e. The van der Waals surface area contributed by atoms with Gasteiger partial charge in [0.1, 0.15) is 0 Å². The second kappa shape index (κ2) is 15.1. The zero-order valence-electron chi connectivity index (χ0n) is 15.0. The summed E-state index contributed by atoms with van der Waals surface area (Å²) in [4.78, 5) is 4.62. The van der Waals surface area contributed by atoms with Crippen molar-refractivity contribution < 1.29 is 9.84 Å². The maximum absolute atomic E-state index is 9.10. The number of hydrogen-bond donors (Lipinski definition) is 3. The Labute approximate surface area is 136 Å². The first-order valence-electron chi connectivity index (χ1n) is 8.84. The van der Waals surface area contributed by atoms with Gasteiger partial charge in [-0.05, 0) is 38.0 Å².